The third kappa shape index (κ3) is 5.66. The standard InChI is InChI=1S/C32H39N5O7/c1-33-27-19-22(34-17-14-24(15-18-34)44-29-5-3-4-16-35(29)32(41)42)8-11-25(27)37(31(33)40)26-12-13-28(38)36(30(26)39)20-21-6-9-23(43-2)10-7-21/h6-11,19,24,26,29H,3-5,12-18,20H2,1-2H3,(H,41,42). The van der Waals surface area contributed by atoms with Crippen LogP contribution in [0.1, 0.15) is 56.6 Å². The minimum absolute atomic E-state index is 0.00810. The van der Waals surface area contributed by atoms with Crippen molar-refractivity contribution in [1.29, 1.82) is 0 Å². The summed E-state index contributed by atoms with van der Waals surface area (Å²) in [5.41, 5.74) is 2.85. The molecule has 12 heteroatoms. The highest BCUT2D eigenvalue weighted by Gasteiger charge is 2.37. The highest BCUT2D eigenvalue weighted by Crippen LogP contribution is 2.31. The highest BCUT2D eigenvalue weighted by atomic mass is 16.5. The number of amides is 3. The number of ether oxygens (including phenoxy) is 2. The van der Waals surface area contributed by atoms with Crippen molar-refractivity contribution in [3.05, 3.63) is 58.5 Å². The van der Waals surface area contributed by atoms with Crippen molar-refractivity contribution >= 4 is 34.6 Å². The third-order valence-corrected chi connectivity index (χ3v) is 9.22. The number of carbonyl (C=O) groups excluding carboxylic acids is 2. The first-order valence-corrected chi connectivity index (χ1v) is 15.3. The van der Waals surface area contributed by atoms with Gasteiger partial charge in [0, 0.05) is 38.8 Å². The first-order valence-electron chi connectivity index (χ1n) is 15.3. The summed E-state index contributed by atoms with van der Waals surface area (Å²) in [5.74, 6) is 0.0651. The minimum Gasteiger partial charge on any atom is -0.497 e. The molecule has 1 aromatic heterocycles. The Morgan fingerprint density at radius 1 is 0.932 bits per heavy atom. The van der Waals surface area contributed by atoms with Gasteiger partial charge in [-0.25, -0.2) is 9.59 Å². The van der Waals surface area contributed by atoms with E-state index in [9.17, 15) is 24.3 Å². The molecule has 0 aliphatic carbocycles. The third-order valence-electron chi connectivity index (χ3n) is 9.22. The van der Waals surface area contributed by atoms with Crippen molar-refractivity contribution in [2.24, 2.45) is 7.05 Å². The molecule has 1 N–H and O–H groups in total. The Kier molecular flexibility index (Phi) is 8.35. The molecular formula is C32H39N5O7. The Hall–Kier alpha value is -4.32. The number of hydrogen-bond donors (Lipinski definition) is 1. The summed E-state index contributed by atoms with van der Waals surface area (Å²) < 4.78 is 14.6. The van der Waals surface area contributed by atoms with E-state index < -0.39 is 12.1 Å². The fraction of sp³-hybridized carbons (Fsp3) is 0.500. The van der Waals surface area contributed by atoms with Gasteiger partial charge in [-0.05, 0) is 74.4 Å². The largest absolute Gasteiger partial charge is 0.497 e. The van der Waals surface area contributed by atoms with Crippen LogP contribution in [-0.4, -0.2) is 81.0 Å². The van der Waals surface area contributed by atoms with Gasteiger partial charge in [0.1, 0.15) is 18.0 Å². The van der Waals surface area contributed by atoms with Crippen LogP contribution in [0.25, 0.3) is 11.0 Å². The summed E-state index contributed by atoms with van der Waals surface area (Å²) in [6.45, 7) is 2.14. The Labute approximate surface area is 255 Å². The maximum absolute atomic E-state index is 13.7. The Morgan fingerprint density at radius 3 is 2.39 bits per heavy atom. The van der Waals surface area contributed by atoms with E-state index in [1.54, 1.807) is 30.9 Å². The number of nitrogens with zero attached hydrogens (tertiary/aromatic N) is 5. The second-order valence-electron chi connectivity index (χ2n) is 11.9. The molecule has 3 amide bonds. The topological polar surface area (TPSA) is 127 Å². The summed E-state index contributed by atoms with van der Waals surface area (Å²) in [5, 5.41) is 9.53. The lowest BCUT2D eigenvalue weighted by atomic mass is 10.0. The summed E-state index contributed by atoms with van der Waals surface area (Å²) in [6, 6.07) is 12.3. The molecule has 2 atom stereocenters. The second kappa shape index (κ2) is 12.4. The number of benzene rings is 2. The van der Waals surface area contributed by atoms with Gasteiger partial charge in [0.2, 0.25) is 5.91 Å². The van der Waals surface area contributed by atoms with Crippen molar-refractivity contribution in [3.63, 3.8) is 0 Å². The molecule has 0 bridgehead atoms. The molecule has 3 aromatic rings. The van der Waals surface area contributed by atoms with Crippen molar-refractivity contribution in [2.75, 3.05) is 31.6 Å². The first-order chi connectivity index (χ1) is 21.2. The molecule has 6 rings (SSSR count). The Bertz CT molecular complexity index is 1610. The molecule has 0 spiro atoms. The van der Waals surface area contributed by atoms with Crippen molar-refractivity contribution in [1.82, 2.24) is 18.9 Å². The van der Waals surface area contributed by atoms with Crippen LogP contribution in [0.5, 0.6) is 5.75 Å². The number of fused-ring (bicyclic) bond motifs is 1. The van der Waals surface area contributed by atoms with Gasteiger partial charge in [-0.3, -0.25) is 28.5 Å². The molecule has 234 valence electrons. The molecule has 3 saturated heterocycles. The molecule has 0 radical (unpaired) electrons. The summed E-state index contributed by atoms with van der Waals surface area (Å²) in [6.07, 6.45) is 3.24. The lowest BCUT2D eigenvalue weighted by Crippen LogP contribution is -2.47. The van der Waals surface area contributed by atoms with E-state index in [0.29, 0.717) is 17.8 Å². The van der Waals surface area contributed by atoms with Crippen LogP contribution in [0.4, 0.5) is 10.5 Å². The number of aromatic nitrogens is 2. The smallest absolute Gasteiger partial charge is 0.409 e. The van der Waals surface area contributed by atoms with Crippen LogP contribution >= 0.6 is 0 Å². The summed E-state index contributed by atoms with van der Waals surface area (Å²) in [4.78, 5) is 56.5. The predicted molar refractivity (Wildman–Crippen MR) is 163 cm³/mol. The lowest BCUT2D eigenvalue weighted by molar-refractivity contribution is -0.151. The van der Waals surface area contributed by atoms with Gasteiger partial charge in [-0.15, -0.1) is 0 Å². The molecule has 3 fully saturated rings. The number of carboxylic acid groups (broad SMARTS) is 1. The average molecular weight is 606 g/mol. The Morgan fingerprint density at radius 2 is 1.68 bits per heavy atom. The van der Waals surface area contributed by atoms with E-state index >= 15 is 0 Å². The van der Waals surface area contributed by atoms with Gasteiger partial charge in [-0.1, -0.05) is 12.1 Å². The van der Waals surface area contributed by atoms with Crippen LogP contribution in [0, 0.1) is 0 Å². The quantitative estimate of drug-likeness (QED) is 0.404. The number of aryl methyl sites for hydroxylation is 1. The molecule has 4 heterocycles. The van der Waals surface area contributed by atoms with Gasteiger partial charge in [0.25, 0.3) is 5.91 Å². The van der Waals surface area contributed by atoms with E-state index in [-0.39, 0.29) is 49.2 Å². The zero-order chi connectivity index (χ0) is 31.0. The monoisotopic (exact) mass is 605 g/mol. The number of carbonyl (C=O) groups is 3. The molecule has 2 aromatic carbocycles. The molecule has 12 nitrogen and oxygen atoms in total. The maximum Gasteiger partial charge on any atom is 0.409 e. The molecule has 2 unspecified atom stereocenters. The lowest BCUT2D eigenvalue weighted by Gasteiger charge is -2.39. The number of methoxy groups -OCH3 is 1. The number of imidazole rings is 1. The Balaban J connectivity index is 1.17. The fourth-order valence-corrected chi connectivity index (χ4v) is 6.72. The second-order valence-corrected chi connectivity index (χ2v) is 11.9. The molecular weight excluding hydrogens is 566 g/mol. The van der Waals surface area contributed by atoms with E-state index in [1.165, 1.54) is 14.4 Å². The number of anilines is 1. The molecule has 44 heavy (non-hydrogen) atoms. The van der Waals surface area contributed by atoms with Crippen LogP contribution < -0.4 is 15.3 Å². The van der Waals surface area contributed by atoms with E-state index in [2.05, 4.69) is 4.90 Å². The van der Waals surface area contributed by atoms with Crippen LogP contribution in [0.3, 0.4) is 0 Å². The van der Waals surface area contributed by atoms with Gasteiger partial charge in [-0.2, -0.15) is 0 Å². The zero-order valence-corrected chi connectivity index (χ0v) is 25.2. The van der Waals surface area contributed by atoms with Crippen LogP contribution in [0.15, 0.2) is 47.3 Å². The van der Waals surface area contributed by atoms with Crippen LogP contribution in [0.2, 0.25) is 0 Å². The summed E-state index contributed by atoms with van der Waals surface area (Å²) in [7, 11) is 3.28. The molecule has 3 aliphatic rings. The summed E-state index contributed by atoms with van der Waals surface area (Å²) >= 11 is 0. The van der Waals surface area contributed by atoms with Gasteiger partial charge >= 0.3 is 11.8 Å². The predicted octanol–water partition coefficient (Wildman–Crippen LogP) is 3.71. The number of likely N-dealkylation sites (tertiary alicyclic amines) is 2. The van der Waals surface area contributed by atoms with E-state index in [1.807, 2.05) is 30.3 Å². The number of piperidine rings is 3. The van der Waals surface area contributed by atoms with Crippen molar-refractivity contribution in [2.45, 2.75) is 69.9 Å². The molecule has 3 aliphatic heterocycles. The van der Waals surface area contributed by atoms with E-state index in [0.717, 1.165) is 62.0 Å². The van der Waals surface area contributed by atoms with Crippen LogP contribution in [-0.2, 0) is 27.9 Å². The first kappa shape index (κ1) is 29.7. The highest BCUT2D eigenvalue weighted by molar-refractivity contribution is 6.00. The van der Waals surface area contributed by atoms with Crippen molar-refractivity contribution in [3.8, 4) is 5.75 Å². The zero-order valence-electron chi connectivity index (χ0n) is 25.2. The fourth-order valence-electron chi connectivity index (χ4n) is 6.72. The maximum atomic E-state index is 13.7. The van der Waals surface area contributed by atoms with E-state index in [4.69, 9.17) is 9.47 Å². The molecule has 0 saturated carbocycles. The van der Waals surface area contributed by atoms with Gasteiger partial charge in [0.15, 0.2) is 0 Å². The normalized spacial score (nSPS) is 21.7. The van der Waals surface area contributed by atoms with Gasteiger partial charge < -0.3 is 19.5 Å². The van der Waals surface area contributed by atoms with Crippen molar-refractivity contribution < 1.29 is 29.0 Å². The number of rotatable bonds is 7. The number of hydrogen-bond acceptors (Lipinski definition) is 7. The number of imide groups is 1. The average Bonchev–Trinajstić information content (AvgIpc) is 3.28. The van der Waals surface area contributed by atoms with Gasteiger partial charge in [0.05, 0.1) is 30.8 Å². The minimum atomic E-state index is -0.926. The SMILES string of the molecule is COc1ccc(CN2C(=O)CCC(n3c(=O)n(C)c4cc(N5CCC(OC6CCCCN6C(=O)O)CC5)ccc43)C2=O)cc1.